The van der Waals surface area contributed by atoms with Crippen LogP contribution in [0.4, 0.5) is 4.39 Å². The zero-order valence-electron chi connectivity index (χ0n) is 16.9. The SMILES string of the molecule is Cc1cc(CNC(=O)c2cc(C(=O)NC3CCc4cc(O)ccc43)ncn2)ccc1F. The molecule has 2 amide bonds. The van der Waals surface area contributed by atoms with Gasteiger partial charge in [-0.2, -0.15) is 0 Å². The second-order valence-corrected chi connectivity index (χ2v) is 7.50. The number of phenols is 1. The lowest BCUT2D eigenvalue weighted by Gasteiger charge is -2.14. The number of aromatic hydroxyl groups is 1. The average Bonchev–Trinajstić information content (AvgIpc) is 3.16. The molecule has 1 aliphatic rings. The molecule has 0 fully saturated rings. The van der Waals surface area contributed by atoms with Crippen molar-refractivity contribution >= 4 is 11.8 Å². The molecule has 7 nitrogen and oxygen atoms in total. The topological polar surface area (TPSA) is 104 Å². The van der Waals surface area contributed by atoms with E-state index in [1.54, 1.807) is 37.3 Å². The Labute approximate surface area is 178 Å². The molecule has 0 spiro atoms. The summed E-state index contributed by atoms with van der Waals surface area (Å²) >= 11 is 0. The number of hydrogen-bond donors (Lipinski definition) is 3. The second kappa shape index (κ2) is 8.51. The summed E-state index contributed by atoms with van der Waals surface area (Å²) in [5.74, 6) is -0.965. The summed E-state index contributed by atoms with van der Waals surface area (Å²) in [7, 11) is 0. The van der Waals surface area contributed by atoms with E-state index in [1.807, 2.05) is 0 Å². The minimum absolute atomic E-state index is 0.0655. The number of nitrogens with zero attached hydrogens (tertiary/aromatic N) is 2. The van der Waals surface area contributed by atoms with E-state index in [2.05, 4.69) is 20.6 Å². The predicted octanol–water partition coefficient (Wildman–Crippen LogP) is 2.98. The summed E-state index contributed by atoms with van der Waals surface area (Å²) in [4.78, 5) is 33.1. The Morgan fingerprint density at radius 1 is 1.10 bits per heavy atom. The Balaban J connectivity index is 1.41. The molecule has 1 aromatic heterocycles. The Bertz CT molecular complexity index is 1170. The van der Waals surface area contributed by atoms with Crippen LogP contribution in [0, 0.1) is 12.7 Å². The Morgan fingerprint density at radius 2 is 1.87 bits per heavy atom. The summed E-state index contributed by atoms with van der Waals surface area (Å²) in [6.07, 6.45) is 2.65. The maximum absolute atomic E-state index is 13.4. The number of fused-ring (bicyclic) bond motifs is 1. The molecule has 1 aliphatic carbocycles. The highest BCUT2D eigenvalue weighted by atomic mass is 19.1. The molecule has 1 heterocycles. The van der Waals surface area contributed by atoms with E-state index < -0.39 is 11.8 Å². The van der Waals surface area contributed by atoms with Crippen molar-refractivity contribution in [1.29, 1.82) is 0 Å². The minimum atomic E-state index is -0.458. The standard InChI is InChI=1S/C23H21FN4O3/c1-13-8-14(2-6-18(13)24)11-25-22(30)20-10-21(27-12-26-20)23(31)28-19-7-3-15-9-16(29)4-5-17(15)19/h2,4-6,8-10,12,19,29H,3,7,11H2,1H3,(H,25,30)(H,28,31). The van der Waals surface area contributed by atoms with Crippen LogP contribution < -0.4 is 10.6 Å². The van der Waals surface area contributed by atoms with Crippen molar-refractivity contribution in [2.24, 2.45) is 0 Å². The number of nitrogens with one attached hydrogen (secondary N) is 2. The molecule has 0 saturated carbocycles. The van der Waals surface area contributed by atoms with Gasteiger partial charge in [0.2, 0.25) is 0 Å². The molecule has 158 valence electrons. The van der Waals surface area contributed by atoms with Gasteiger partial charge in [-0.1, -0.05) is 18.2 Å². The zero-order chi connectivity index (χ0) is 22.0. The number of aryl methyl sites for hydroxylation is 2. The quantitative estimate of drug-likeness (QED) is 0.589. The highest BCUT2D eigenvalue weighted by Crippen LogP contribution is 2.33. The van der Waals surface area contributed by atoms with E-state index in [4.69, 9.17) is 0 Å². The maximum Gasteiger partial charge on any atom is 0.270 e. The number of benzene rings is 2. The third-order valence-electron chi connectivity index (χ3n) is 5.32. The number of halogens is 1. The highest BCUT2D eigenvalue weighted by molar-refractivity contribution is 5.97. The summed E-state index contributed by atoms with van der Waals surface area (Å²) in [5, 5.41) is 15.2. The van der Waals surface area contributed by atoms with Crippen LogP contribution in [0.5, 0.6) is 5.75 Å². The van der Waals surface area contributed by atoms with Gasteiger partial charge in [0.05, 0.1) is 6.04 Å². The molecule has 1 atom stereocenters. The van der Waals surface area contributed by atoms with Gasteiger partial charge in [-0.15, -0.1) is 0 Å². The number of rotatable bonds is 5. The van der Waals surface area contributed by atoms with Crippen molar-refractivity contribution in [3.05, 3.63) is 88.3 Å². The Kier molecular flexibility index (Phi) is 5.62. The molecular formula is C23H21FN4O3. The van der Waals surface area contributed by atoms with E-state index in [-0.39, 0.29) is 35.5 Å². The first-order valence-corrected chi connectivity index (χ1v) is 9.88. The third-order valence-corrected chi connectivity index (χ3v) is 5.32. The molecule has 0 radical (unpaired) electrons. The maximum atomic E-state index is 13.4. The van der Waals surface area contributed by atoms with Crippen molar-refractivity contribution in [2.75, 3.05) is 0 Å². The largest absolute Gasteiger partial charge is 0.508 e. The van der Waals surface area contributed by atoms with Gasteiger partial charge in [-0.3, -0.25) is 9.59 Å². The lowest BCUT2D eigenvalue weighted by molar-refractivity contribution is 0.0931. The second-order valence-electron chi connectivity index (χ2n) is 7.50. The molecule has 8 heteroatoms. The van der Waals surface area contributed by atoms with E-state index in [9.17, 15) is 19.1 Å². The van der Waals surface area contributed by atoms with Crippen LogP contribution in [0.3, 0.4) is 0 Å². The number of hydrogen-bond acceptors (Lipinski definition) is 5. The first-order chi connectivity index (χ1) is 14.9. The first-order valence-electron chi connectivity index (χ1n) is 9.88. The number of carbonyl (C=O) groups excluding carboxylic acids is 2. The zero-order valence-corrected chi connectivity index (χ0v) is 16.9. The van der Waals surface area contributed by atoms with Crippen LogP contribution in [0.2, 0.25) is 0 Å². The predicted molar refractivity (Wildman–Crippen MR) is 111 cm³/mol. The number of aromatic nitrogens is 2. The van der Waals surface area contributed by atoms with E-state index in [1.165, 1.54) is 18.5 Å². The van der Waals surface area contributed by atoms with Gasteiger partial charge in [0.25, 0.3) is 11.8 Å². The van der Waals surface area contributed by atoms with Crippen LogP contribution >= 0.6 is 0 Å². The van der Waals surface area contributed by atoms with Gasteiger partial charge < -0.3 is 15.7 Å². The number of phenolic OH excluding ortho intramolecular Hbond substituents is 1. The van der Waals surface area contributed by atoms with Gasteiger partial charge in [-0.25, -0.2) is 14.4 Å². The van der Waals surface area contributed by atoms with Gasteiger partial charge in [0.1, 0.15) is 29.3 Å². The molecule has 1 unspecified atom stereocenters. The summed E-state index contributed by atoms with van der Waals surface area (Å²) in [5.41, 5.74) is 3.37. The molecule has 4 rings (SSSR count). The van der Waals surface area contributed by atoms with E-state index in [0.717, 1.165) is 29.5 Å². The molecule has 0 saturated heterocycles. The monoisotopic (exact) mass is 420 g/mol. The van der Waals surface area contributed by atoms with Gasteiger partial charge in [-0.05, 0) is 60.2 Å². The Hall–Kier alpha value is -3.81. The molecular weight excluding hydrogens is 399 g/mol. The van der Waals surface area contributed by atoms with Crippen LogP contribution in [-0.4, -0.2) is 26.9 Å². The van der Waals surface area contributed by atoms with Crippen LogP contribution in [0.25, 0.3) is 0 Å². The first kappa shape index (κ1) is 20.5. The minimum Gasteiger partial charge on any atom is -0.508 e. The van der Waals surface area contributed by atoms with Crippen molar-refractivity contribution in [3.63, 3.8) is 0 Å². The summed E-state index contributed by atoms with van der Waals surface area (Å²) in [6.45, 7) is 1.86. The van der Waals surface area contributed by atoms with Gasteiger partial charge >= 0.3 is 0 Å². The molecule has 3 N–H and O–H groups in total. The van der Waals surface area contributed by atoms with Gasteiger partial charge in [0.15, 0.2) is 0 Å². The van der Waals surface area contributed by atoms with E-state index in [0.29, 0.717) is 5.56 Å². The third kappa shape index (κ3) is 4.53. The molecule has 0 aliphatic heterocycles. The summed E-state index contributed by atoms with van der Waals surface area (Å²) in [6, 6.07) is 10.9. The number of carbonyl (C=O) groups is 2. The van der Waals surface area contributed by atoms with Crippen LogP contribution in [0.1, 0.15) is 55.7 Å². The van der Waals surface area contributed by atoms with Crippen molar-refractivity contribution < 1.29 is 19.1 Å². The van der Waals surface area contributed by atoms with Crippen molar-refractivity contribution in [2.45, 2.75) is 32.4 Å². The average molecular weight is 420 g/mol. The molecule has 31 heavy (non-hydrogen) atoms. The fourth-order valence-electron chi connectivity index (χ4n) is 3.68. The lowest BCUT2D eigenvalue weighted by Crippen LogP contribution is -2.29. The van der Waals surface area contributed by atoms with Crippen molar-refractivity contribution in [1.82, 2.24) is 20.6 Å². The Morgan fingerprint density at radius 3 is 2.65 bits per heavy atom. The highest BCUT2D eigenvalue weighted by Gasteiger charge is 2.25. The lowest BCUT2D eigenvalue weighted by atomic mass is 10.1. The van der Waals surface area contributed by atoms with Crippen LogP contribution in [-0.2, 0) is 13.0 Å². The fourth-order valence-corrected chi connectivity index (χ4v) is 3.68. The molecule has 0 bridgehead atoms. The normalized spacial score (nSPS) is 14.7. The van der Waals surface area contributed by atoms with Crippen molar-refractivity contribution in [3.8, 4) is 5.75 Å². The smallest absolute Gasteiger partial charge is 0.270 e. The van der Waals surface area contributed by atoms with Gasteiger partial charge in [0, 0.05) is 12.6 Å². The molecule has 3 aromatic rings. The molecule has 2 aromatic carbocycles. The van der Waals surface area contributed by atoms with E-state index >= 15 is 0 Å². The van der Waals surface area contributed by atoms with Crippen LogP contribution in [0.15, 0.2) is 48.8 Å². The fraction of sp³-hybridized carbons (Fsp3) is 0.217. The number of amides is 2. The summed E-state index contributed by atoms with van der Waals surface area (Å²) < 4.78 is 13.4.